The van der Waals surface area contributed by atoms with E-state index in [0.29, 0.717) is 5.69 Å². The second-order valence-corrected chi connectivity index (χ2v) is 3.57. The van der Waals surface area contributed by atoms with Gasteiger partial charge in [-0.1, -0.05) is 24.3 Å². The minimum Gasteiger partial charge on any atom is -0.492 e. The Morgan fingerprint density at radius 3 is 2.82 bits per heavy atom. The molecule has 0 radical (unpaired) electrons. The summed E-state index contributed by atoms with van der Waals surface area (Å²) in [6.07, 6.45) is 1.60. The molecule has 0 aliphatic rings. The molecule has 17 heavy (non-hydrogen) atoms. The summed E-state index contributed by atoms with van der Waals surface area (Å²) in [5.74, 6) is -0.946. The Hall–Kier alpha value is -2.56. The van der Waals surface area contributed by atoms with Crippen molar-refractivity contribution in [1.29, 1.82) is 0 Å². The van der Waals surface area contributed by atoms with E-state index in [2.05, 4.69) is 9.97 Å². The van der Waals surface area contributed by atoms with Crippen molar-refractivity contribution in [1.82, 2.24) is 9.97 Å². The number of pyridine rings is 1. The minimum atomic E-state index is -0.702. The number of hydrogen-bond donors (Lipinski definition) is 2. The Morgan fingerprint density at radius 1 is 1.24 bits per heavy atom. The van der Waals surface area contributed by atoms with Crippen LogP contribution in [0.4, 0.5) is 0 Å². The van der Waals surface area contributed by atoms with Crippen molar-refractivity contribution in [3.63, 3.8) is 0 Å². The van der Waals surface area contributed by atoms with Crippen molar-refractivity contribution in [2.75, 3.05) is 0 Å². The molecule has 84 valence electrons. The van der Waals surface area contributed by atoms with Crippen LogP contribution in [0.15, 0.2) is 45.7 Å². The Bertz CT molecular complexity index is 737. The number of aromatic amines is 1. The van der Waals surface area contributed by atoms with Crippen LogP contribution < -0.4 is 5.76 Å². The van der Waals surface area contributed by atoms with Crippen LogP contribution in [-0.4, -0.2) is 15.1 Å². The number of aromatic hydroxyl groups is 1. The van der Waals surface area contributed by atoms with Crippen LogP contribution in [-0.2, 0) is 0 Å². The second kappa shape index (κ2) is 3.48. The summed E-state index contributed by atoms with van der Waals surface area (Å²) < 4.78 is 4.88. The molecule has 2 N–H and O–H groups in total. The van der Waals surface area contributed by atoms with Crippen LogP contribution in [0.5, 0.6) is 5.88 Å². The summed E-state index contributed by atoms with van der Waals surface area (Å²) in [6.45, 7) is 0. The van der Waals surface area contributed by atoms with Gasteiger partial charge in [-0.2, -0.15) is 0 Å². The van der Waals surface area contributed by atoms with Gasteiger partial charge < -0.3 is 9.52 Å². The summed E-state index contributed by atoms with van der Waals surface area (Å²) in [4.78, 5) is 17.3. The standard InChI is InChI=1S/C12H8N2O3/c15-11-10(17-12(16)14-11)9-8-4-2-1-3-7(8)5-6-13-9/h1-6,15H,(H,14,16). The summed E-state index contributed by atoms with van der Waals surface area (Å²) in [5.41, 5.74) is 0.443. The number of aromatic nitrogens is 2. The normalized spacial score (nSPS) is 10.8. The van der Waals surface area contributed by atoms with Gasteiger partial charge in [-0.3, -0.25) is 9.97 Å². The molecule has 2 aromatic heterocycles. The van der Waals surface area contributed by atoms with Gasteiger partial charge >= 0.3 is 5.76 Å². The molecule has 0 unspecified atom stereocenters. The molecular weight excluding hydrogens is 220 g/mol. The average molecular weight is 228 g/mol. The van der Waals surface area contributed by atoms with Crippen molar-refractivity contribution in [3.8, 4) is 17.3 Å². The molecule has 0 amide bonds. The van der Waals surface area contributed by atoms with E-state index in [4.69, 9.17) is 4.42 Å². The monoisotopic (exact) mass is 228 g/mol. The summed E-state index contributed by atoms with van der Waals surface area (Å²) >= 11 is 0. The lowest BCUT2D eigenvalue weighted by molar-refractivity contribution is 0.452. The van der Waals surface area contributed by atoms with Crippen LogP contribution in [0.2, 0.25) is 0 Å². The molecular formula is C12H8N2O3. The third-order valence-electron chi connectivity index (χ3n) is 2.52. The smallest absolute Gasteiger partial charge is 0.419 e. The lowest BCUT2D eigenvalue weighted by Crippen LogP contribution is -1.93. The zero-order chi connectivity index (χ0) is 11.8. The van der Waals surface area contributed by atoms with Crippen LogP contribution in [0.3, 0.4) is 0 Å². The first-order chi connectivity index (χ1) is 8.25. The maximum atomic E-state index is 11.0. The van der Waals surface area contributed by atoms with Gasteiger partial charge in [-0.15, -0.1) is 0 Å². The first-order valence-electron chi connectivity index (χ1n) is 5.02. The average Bonchev–Trinajstić information content (AvgIpc) is 2.68. The topological polar surface area (TPSA) is 79.1 Å². The number of nitrogens with one attached hydrogen (secondary N) is 1. The van der Waals surface area contributed by atoms with Crippen LogP contribution in [0.1, 0.15) is 0 Å². The molecule has 0 atom stereocenters. The van der Waals surface area contributed by atoms with E-state index >= 15 is 0 Å². The van der Waals surface area contributed by atoms with E-state index in [-0.39, 0.29) is 11.6 Å². The molecule has 0 spiro atoms. The van der Waals surface area contributed by atoms with Crippen LogP contribution in [0, 0.1) is 0 Å². The summed E-state index contributed by atoms with van der Waals surface area (Å²) in [7, 11) is 0. The van der Waals surface area contributed by atoms with E-state index < -0.39 is 5.76 Å². The second-order valence-electron chi connectivity index (χ2n) is 3.57. The molecule has 0 saturated carbocycles. The summed E-state index contributed by atoms with van der Waals surface area (Å²) in [5, 5.41) is 11.3. The quantitative estimate of drug-likeness (QED) is 0.666. The number of nitrogens with zero attached hydrogens (tertiary/aromatic N) is 1. The van der Waals surface area contributed by atoms with E-state index in [1.807, 2.05) is 30.3 Å². The molecule has 0 bridgehead atoms. The van der Waals surface area contributed by atoms with Gasteiger partial charge in [0.25, 0.3) is 0 Å². The van der Waals surface area contributed by atoms with E-state index in [1.165, 1.54) is 0 Å². The first kappa shape index (κ1) is 9.65. The molecule has 0 fully saturated rings. The highest BCUT2D eigenvalue weighted by molar-refractivity contribution is 5.93. The van der Waals surface area contributed by atoms with Gasteiger partial charge in [0.2, 0.25) is 11.6 Å². The molecule has 1 aromatic carbocycles. The minimum absolute atomic E-state index is 0.0619. The van der Waals surface area contributed by atoms with Crippen LogP contribution >= 0.6 is 0 Å². The Kier molecular flexibility index (Phi) is 1.98. The van der Waals surface area contributed by atoms with E-state index in [1.54, 1.807) is 6.20 Å². The molecule has 3 aromatic rings. The number of rotatable bonds is 1. The van der Waals surface area contributed by atoms with E-state index in [9.17, 15) is 9.90 Å². The van der Waals surface area contributed by atoms with Gasteiger partial charge in [0.1, 0.15) is 5.69 Å². The van der Waals surface area contributed by atoms with Gasteiger partial charge in [-0.25, -0.2) is 4.79 Å². The van der Waals surface area contributed by atoms with Crippen LogP contribution in [0.25, 0.3) is 22.2 Å². The SMILES string of the molecule is O=c1[nH]c(O)c(-c2nccc3ccccc23)o1. The maximum Gasteiger partial charge on any atom is 0.419 e. The highest BCUT2D eigenvalue weighted by Crippen LogP contribution is 2.30. The Morgan fingerprint density at radius 2 is 2.06 bits per heavy atom. The number of hydrogen-bond acceptors (Lipinski definition) is 4. The molecule has 0 saturated heterocycles. The molecule has 3 rings (SSSR count). The maximum absolute atomic E-state index is 11.0. The molecule has 5 heteroatoms. The first-order valence-corrected chi connectivity index (χ1v) is 5.02. The van der Waals surface area contributed by atoms with Gasteiger partial charge in [-0.05, 0) is 11.5 Å². The number of fused-ring (bicyclic) bond motifs is 1. The van der Waals surface area contributed by atoms with Crippen molar-refractivity contribution < 1.29 is 9.52 Å². The molecule has 0 aliphatic carbocycles. The fourth-order valence-corrected chi connectivity index (χ4v) is 1.78. The van der Waals surface area contributed by atoms with Gasteiger partial charge in [0, 0.05) is 11.6 Å². The molecule has 5 nitrogen and oxygen atoms in total. The van der Waals surface area contributed by atoms with Crippen molar-refractivity contribution in [2.24, 2.45) is 0 Å². The Balaban J connectivity index is 2.38. The fourth-order valence-electron chi connectivity index (χ4n) is 1.78. The van der Waals surface area contributed by atoms with Crippen molar-refractivity contribution >= 4 is 10.8 Å². The van der Waals surface area contributed by atoms with E-state index in [0.717, 1.165) is 10.8 Å². The van der Waals surface area contributed by atoms with Crippen molar-refractivity contribution in [2.45, 2.75) is 0 Å². The predicted molar refractivity (Wildman–Crippen MR) is 61.7 cm³/mol. The summed E-state index contributed by atoms with van der Waals surface area (Å²) in [6, 6.07) is 9.38. The number of oxazole rings is 1. The fraction of sp³-hybridized carbons (Fsp3) is 0. The molecule has 0 aliphatic heterocycles. The highest BCUT2D eigenvalue weighted by atomic mass is 16.4. The third kappa shape index (κ3) is 1.48. The third-order valence-corrected chi connectivity index (χ3v) is 2.52. The lowest BCUT2D eigenvalue weighted by Gasteiger charge is -2.01. The predicted octanol–water partition coefficient (Wildman–Crippen LogP) is 1.89. The lowest BCUT2D eigenvalue weighted by atomic mass is 10.1. The zero-order valence-electron chi connectivity index (χ0n) is 8.68. The number of benzene rings is 1. The van der Waals surface area contributed by atoms with Gasteiger partial charge in [0.15, 0.2) is 0 Å². The Labute approximate surface area is 95.4 Å². The van der Waals surface area contributed by atoms with Gasteiger partial charge in [0.05, 0.1) is 0 Å². The zero-order valence-corrected chi connectivity index (χ0v) is 8.68. The highest BCUT2D eigenvalue weighted by Gasteiger charge is 2.15. The van der Waals surface area contributed by atoms with Crippen molar-refractivity contribution in [3.05, 3.63) is 47.1 Å². The molecule has 2 heterocycles. The largest absolute Gasteiger partial charge is 0.492 e. The number of H-pyrrole nitrogens is 1.